The summed E-state index contributed by atoms with van der Waals surface area (Å²) in [4.78, 5) is 52.3. The van der Waals surface area contributed by atoms with Crippen LogP contribution in [-0.2, 0) is 28.6 Å². The van der Waals surface area contributed by atoms with Crippen LogP contribution in [0.5, 0.6) is 0 Å². The lowest BCUT2D eigenvalue weighted by Gasteiger charge is -2.60. The van der Waals surface area contributed by atoms with Crippen LogP contribution in [0.4, 0.5) is 4.79 Å². The second-order valence-corrected chi connectivity index (χ2v) is 10.00. The minimum atomic E-state index is -1.13. The molecular weight excluding hydrogens is 442 g/mol. The number of amides is 1. The van der Waals surface area contributed by atoms with Gasteiger partial charge < -0.3 is 23.9 Å². The van der Waals surface area contributed by atoms with E-state index in [0.717, 1.165) is 0 Å². The SMILES string of the molecule is C=CCNC(=O)O[C@H]1C[C@@H](C(=O)OC)[C@]2(C)CCC3C(=O)OC(c4ccoc4)C[C@]3(C)[C@H]2C1=O. The highest BCUT2D eigenvalue weighted by molar-refractivity contribution is 5.93. The summed E-state index contributed by atoms with van der Waals surface area (Å²) >= 11 is 0. The van der Waals surface area contributed by atoms with Crippen LogP contribution in [0.25, 0.3) is 0 Å². The standard InChI is InChI=1S/C25H31NO8/c1-5-9-26-23(30)34-17-11-16(21(28)31-4)24(2)8-6-15-22(29)33-18(14-7-10-32-13-14)12-25(15,3)20(24)19(17)27/h5,7,10,13,15-18,20H,1,6,8-9,11-12H2,2-4H3,(H,26,30)/t15?,16-,17-,18?,20-,24-,25-/m0/s1. The van der Waals surface area contributed by atoms with Crippen LogP contribution in [0.15, 0.2) is 35.7 Å². The van der Waals surface area contributed by atoms with E-state index in [4.69, 9.17) is 18.6 Å². The number of ketones is 1. The summed E-state index contributed by atoms with van der Waals surface area (Å²) in [5.74, 6) is -2.98. The Hall–Kier alpha value is -3.10. The summed E-state index contributed by atoms with van der Waals surface area (Å²) in [5, 5.41) is 2.51. The van der Waals surface area contributed by atoms with Crippen LogP contribution >= 0.6 is 0 Å². The highest BCUT2D eigenvalue weighted by Crippen LogP contribution is 2.65. The Kier molecular flexibility index (Phi) is 6.31. The van der Waals surface area contributed by atoms with Gasteiger partial charge in [-0.2, -0.15) is 0 Å². The number of methoxy groups -OCH3 is 1. The summed E-state index contributed by atoms with van der Waals surface area (Å²) in [7, 11) is 1.31. The first-order valence-corrected chi connectivity index (χ1v) is 11.5. The molecule has 2 unspecified atom stereocenters. The number of carbonyl (C=O) groups is 4. The van der Waals surface area contributed by atoms with Gasteiger partial charge in [0.05, 0.1) is 31.5 Å². The van der Waals surface area contributed by atoms with Crippen molar-refractivity contribution in [3.63, 3.8) is 0 Å². The Morgan fingerprint density at radius 1 is 1.29 bits per heavy atom. The van der Waals surface area contributed by atoms with Crippen molar-refractivity contribution >= 4 is 23.8 Å². The van der Waals surface area contributed by atoms with Crippen molar-refractivity contribution in [3.8, 4) is 0 Å². The molecule has 4 rings (SSSR count). The normalized spacial score (nSPS) is 37.0. The van der Waals surface area contributed by atoms with Crippen LogP contribution < -0.4 is 5.32 Å². The van der Waals surface area contributed by atoms with Gasteiger partial charge >= 0.3 is 18.0 Å². The van der Waals surface area contributed by atoms with Gasteiger partial charge in [-0.3, -0.25) is 14.4 Å². The van der Waals surface area contributed by atoms with E-state index in [1.165, 1.54) is 25.7 Å². The number of nitrogens with one attached hydrogen (secondary N) is 1. The van der Waals surface area contributed by atoms with Crippen LogP contribution in [0.2, 0.25) is 0 Å². The predicted octanol–water partition coefficient (Wildman–Crippen LogP) is 3.35. The summed E-state index contributed by atoms with van der Waals surface area (Å²) in [6.07, 6.45) is 3.46. The zero-order valence-electron chi connectivity index (χ0n) is 19.7. The third-order valence-electron chi connectivity index (χ3n) is 8.14. The lowest BCUT2D eigenvalue weighted by Crippen LogP contribution is -2.65. The average Bonchev–Trinajstić information content (AvgIpc) is 3.33. The molecule has 0 bridgehead atoms. The zero-order valence-corrected chi connectivity index (χ0v) is 19.7. The van der Waals surface area contributed by atoms with E-state index < -0.39 is 52.9 Å². The van der Waals surface area contributed by atoms with Gasteiger partial charge in [0.1, 0.15) is 6.10 Å². The summed E-state index contributed by atoms with van der Waals surface area (Å²) < 4.78 is 21.5. The van der Waals surface area contributed by atoms with Crippen molar-refractivity contribution in [1.29, 1.82) is 0 Å². The predicted molar refractivity (Wildman–Crippen MR) is 118 cm³/mol. The number of fused-ring (bicyclic) bond motifs is 3. The van der Waals surface area contributed by atoms with Gasteiger partial charge in [0, 0.05) is 24.4 Å². The van der Waals surface area contributed by atoms with Crippen LogP contribution in [0, 0.1) is 28.6 Å². The Labute approximate surface area is 198 Å². The molecule has 1 N–H and O–H groups in total. The summed E-state index contributed by atoms with van der Waals surface area (Å²) in [6, 6.07) is 1.74. The highest BCUT2D eigenvalue weighted by Gasteiger charge is 2.67. The molecule has 1 saturated heterocycles. The van der Waals surface area contributed by atoms with Crippen molar-refractivity contribution < 1.29 is 37.8 Å². The van der Waals surface area contributed by atoms with Crippen LogP contribution in [-0.4, -0.2) is 43.6 Å². The first kappa shape index (κ1) is 24.0. The molecule has 7 atom stereocenters. The number of hydrogen-bond donors (Lipinski definition) is 1. The molecule has 0 aromatic carbocycles. The van der Waals surface area contributed by atoms with E-state index in [-0.39, 0.29) is 24.7 Å². The largest absolute Gasteiger partial charge is 0.472 e. The Balaban J connectivity index is 1.74. The maximum atomic E-state index is 13.9. The smallest absolute Gasteiger partial charge is 0.408 e. The molecular formula is C25H31NO8. The highest BCUT2D eigenvalue weighted by atomic mass is 16.6. The molecule has 1 amide bonds. The van der Waals surface area contributed by atoms with E-state index in [1.54, 1.807) is 6.07 Å². The number of Topliss-reactive ketones (excluding diaryl/α,β-unsaturated/α-hetero) is 1. The van der Waals surface area contributed by atoms with Gasteiger partial charge in [-0.1, -0.05) is 19.9 Å². The molecule has 2 heterocycles. The maximum absolute atomic E-state index is 13.9. The second kappa shape index (κ2) is 8.92. The molecule has 3 fully saturated rings. The molecule has 1 aliphatic heterocycles. The Morgan fingerprint density at radius 3 is 2.71 bits per heavy atom. The fourth-order valence-electron chi connectivity index (χ4n) is 6.59. The van der Waals surface area contributed by atoms with Crippen molar-refractivity contribution in [2.24, 2.45) is 28.6 Å². The molecule has 34 heavy (non-hydrogen) atoms. The topological polar surface area (TPSA) is 121 Å². The molecule has 184 valence electrons. The molecule has 2 aliphatic carbocycles. The number of esters is 2. The molecule has 0 spiro atoms. The molecule has 9 nitrogen and oxygen atoms in total. The molecule has 0 radical (unpaired) electrons. The van der Waals surface area contributed by atoms with Crippen molar-refractivity contribution in [2.45, 2.75) is 51.7 Å². The Bertz CT molecular complexity index is 987. The van der Waals surface area contributed by atoms with Gasteiger partial charge in [-0.15, -0.1) is 6.58 Å². The van der Waals surface area contributed by atoms with Gasteiger partial charge in [0.2, 0.25) is 0 Å². The number of ether oxygens (including phenoxy) is 3. The van der Waals surface area contributed by atoms with Gasteiger partial charge in [-0.25, -0.2) is 4.79 Å². The zero-order chi connectivity index (χ0) is 24.7. The maximum Gasteiger partial charge on any atom is 0.408 e. The number of furan rings is 1. The van der Waals surface area contributed by atoms with Crippen molar-refractivity contribution in [3.05, 3.63) is 36.8 Å². The van der Waals surface area contributed by atoms with Gasteiger partial charge in [-0.05, 0) is 36.2 Å². The van der Waals surface area contributed by atoms with Crippen LogP contribution in [0.3, 0.4) is 0 Å². The fraction of sp³-hybridized carbons (Fsp3) is 0.600. The molecule has 1 aromatic heterocycles. The Morgan fingerprint density at radius 2 is 2.06 bits per heavy atom. The number of hydrogen-bond acceptors (Lipinski definition) is 8. The third kappa shape index (κ3) is 3.80. The fourth-order valence-corrected chi connectivity index (χ4v) is 6.59. The molecule has 9 heteroatoms. The lowest BCUT2D eigenvalue weighted by molar-refractivity contribution is -0.207. The van der Waals surface area contributed by atoms with E-state index in [1.807, 2.05) is 13.8 Å². The summed E-state index contributed by atoms with van der Waals surface area (Å²) in [5.41, 5.74) is -0.858. The van der Waals surface area contributed by atoms with E-state index in [9.17, 15) is 19.2 Å². The third-order valence-corrected chi connectivity index (χ3v) is 8.14. The first-order chi connectivity index (χ1) is 16.2. The van der Waals surface area contributed by atoms with Gasteiger partial charge in [0.15, 0.2) is 11.9 Å². The first-order valence-electron chi connectivity index (χ1n) is 11.5. The number of carbonyl (C=O) groups excluding carboxylic acids is 4. The number of cyclic esters (lactones) is 1. The molecule has 3 aliphatic rings. The van der Waals surface area contributed by atoms with Gasteiger partial charge in [0.25, 0.3) is 0 Å². The van der Waals surface area contributed by atoms with Crippen LogP contribution in [0.1, 0.15) is 51.2 Å². The van der Waals surface area contributed by atoms with E-state index in [0.29, 0.717) is 24.8 Å². The lowest BCUT2D eigenvalue weighted by atomic mass is 9.43. The van der Waals surface area contributed by atoms with Crippen molar-refractivity contribution in [2.75, 3.05) is 13.7 Å². The van der Waals surface area contributed by atoms with Crippen molar-refractivity contribution in [1.82, 2.24) is 5.32 Å². The molecule has 1 aromatic rings. The quantitative estimate of drug-likeness (QED) is 0.393. The second-order valence-electron chi connectivity index (χ2n) is 10.00. The number of rotatable bonds is 5. The monoisotopic (exact) mass is 473 g/mol. The summed E-state index contributed by atoms with van der Waals surface area (Å²) in [6.45, 7) is 7.56. The minimum Gasteiger partial charge on any atom is -0.472 e. The molecule has 2 saturated carbocycles. The minimum absolute atomic E-state index is 0.0381. The average molecular weight is 474 g/mol. The van der Waals surface area contributed by atoms with E-state index >= 15 is 0 Å². The number of alkyl carbamates (subject to hydrolysis) is 1. The van der Waals surface area contributed by atoms with E-state index in [2.05, 4.69) is 11.9 Å².